The number of aromatic amines is 1. The summed E-state index contributed by atoms with van der Waals surface area (Å²) in [5.41, 5.74) is 1.97. The maximum absolute atomic E-state index is 13.2. The number of nitrogens with zero attached hydrogens (tertiary/aromatic N) is 1. The van der Waals surface area contributed by atoms with Gasteiger partial charge in [0.1, 0.15) is 5.69 Å². The van der Waals surface area contributed by atoms with Crippen molar-refractivity contribution in [2.75, 3.05) is 6.61 Å². The van der Waals surface area contributed by atoms with Crippen molar-refractivity contribution in [1.82, 2.24) is 9.88 Å². The fourth-order valence-corrected chi connectivity index (χ4v) is 3.65. The van der Waals surface area contributed by atoms with Crippen LogP contribution in [0.3, 0.4) is 0 Å². The first-order chi connectivity index (χ1) is 13.2. The molecule has 1 unspecified atom stereocenters. The molecule has 158 valence electrons. The summed E-state index contributed by atoms with van der Waals surface area (Å²) in [4.78, 5) is 42.8. The molecule has 0 saturated carbocycles. The number of nitrogens with one attached hydrogen (secondary N) is 1. The predicted molar refractivity (Wildman–Crippen MR) is 111 cm³/mol. The molecule has 1 N–H and O–H groups in total. The second-order valence-electron chi connectivity index (χ2n) is 7.59. The number of unbranched alkanes of at least 4 members (excludes halogenated alkanes) is 3. The lowest BCUT2D eigenvalue weighted by molar-refractivity contribution is -0.134. The molecular weight excluding hydrogens is 356 g/mol. The van der Waals surface area contributed by atoms with Gasteiger partial charge in [0.05, 0.1) is 12.6 Å². The summed E-state index contributed by atoms with van der Waals surface area (Å²) in [5.74, 6) is -0.622. The van der Waals surface area contributed by atoms with E-state index in [1.807, 2.05) is 13.8 Å². The number of amides is 1. The number of aromatic nitrogens is 1. The summed E-state index contributed by atoms with van der Waals surface area (Å²) in [6, 6.07) is -0.677. The van der Waals surface area contributed by atoms with Crippen molar-refractivity contribution in [2.24, 2.45) is 0 Å². The van der Waals surface area contributed by atoms with Crippen LogP contribution in [-0.4, -0.2) is 46.2 Å². The van der Waals surface area contributed by atoms with Gasteiger partial charge in [-0.05, 0) is 53.5 Å². The van der Waals surface area contributed by atoms with Gasteiger partial charge in [-0.1, -0.05) is 26.2 Å². The molecule has 6 heteroatoms. The van der Waals surface area contributed by atoms with E-state index in [9.17, 15) is 14.4 Å². The van der Waals surface area contributed by atoms with E-state index in [4.69, 9.17) is 4.74 Å². The Balaban J connectivity index is 3.05. The summed E-state index contributed by atoms with van der Waals surface area (Å²) < 4.78 is 5.06. The molecule has 0 spiro atoms. The van der Waals surface area contributed by atoms with Crippen LogP contribution in [0.5, 0.6) is 0 Å². The van der Waals surface area contributed by atoms with Crippen molar-refractivity contribution in [1.29, 1.82) is 0 Å². The minimum absolute atomic E-state index is 0.00316. The van der Waals surface area contributed by atoms with Crippen molar-refractivity contribution in [2.45, 2.75) is 92.7 Å². The largest absolute Gasteiger partial charge is 0.461 e. The predicted octanol–water partition coefficient (Wildman–Crippen LogP) is 4.59. The van der Waals surface area contributed by atoms with Crippen LogP contribution in [0.25, 0.3) is 0 Å². The third-order valence-electron chi connectivity index (χ3n) is 5.05. The molecule has 0 aliphatic heterocycles. The molecule has 1 atom stereocenters. The molecule has 0 fully saturated rings. The quantitative estimate of drug-likeness (QED) is 0.339. The minimum Gasteiger partial charge on any atom is -0.461 e. The number of ether oxygens (including phenoxy) is 1. The van der Waals surface area contributed by atoms with Gasteiger partial charge in [-0.15, -0.1) is 0 Å². The highest BCUT2D eigenvalue weighted by Gasteiger charge is 2.32. The molecule has 1 rings (SSSR count). The number of carbonyl (C=O) groups is 3. The number of H-pyrrole nitrogens is 1. The SMILES string of the molecule is CCCCCCC(=O)N(C(C)C)C(C)C(=O)c1c(C)[nH]c(C(=O)OCC)c1C. The van der Waals surface area contributed by atoms with Crippen LogP contribution in [0.15, 0.2) is 0 Å². The Labute approximate surface area is 169 Å². The van der Waals surface area contributed by atoms with Gasteiger partial charge in [-0.25, -0.2) is 4.79 Å². The van der Waals surface area contributed by atoms with Crippen molar-refractivity contribution in [3.8, 4) is 0 Å². The van der Waals surface area contributed by atoms with Crippen molar-refractivity contribution in [3.05, 3.63) is 22.5 Å². The van der Waals surface area contributed by atoms with E-state index in [1.165, 1.54) is 0 Å². The average molecular weight is 393 g/mol. The molecule has 1 aromatic rings. The zero-order valence-corrected chi connectivity index (χ0v) is 18.5. The van der Waals surface area contributed by atoms with E-state index in [-0.39, 0.29) is 24.3 Å². The molecule has 28 heavy (non-hydrogen) atoms. The Bertz CT molecular complexity index is 691. The van der Waals surface area contributed by atoms with Crippen molar-refractivity contribution >= 4 is 17.7 Å². The topological polar surface area (TPSA) is 79.5 Å². The standard InChI is InChI=1S/C22H36N2O4/c1-8-10-11-12-13-18(25)24(14(3)4)17(7)21(26)19-15(5)20(23-16(19)6)22(27)28-9-2/h14,17,23H,8-13H2,1-7H3. The fourth-order valence-electron chi connectivity index (χ4n) is 3.65. The number of ketones is 1. The summed E-state index contributed by atoms with van der Waals surface area (Å²) in [7, 11) is 0. The number of hydrogen-bond donors (Lipinski definition) is 1. The van der Waals surface area contributed by atoms with E-state index < -0.39 is 12.0 Å². The number of aryl methyl sites for hydroxylation is 1. The van der Waals surface area contributed by atoms with Crippen molar-refractivity contribution < 1.29 is 19.1 Å². The number of Topliss-reactive ketones (excluding diaryl/α,β-unsaturated/α-hetero) is 1. The maximum atomic E-state index is 13.2. The van der Waals surface area contributed by atoms with Gasteiger partial charge in [0, 0.05) is 23.7 Å². The molecule has 1 aromatic heterocycles. The summed E-state index contributed by atoms with van der Waals surface area (Å²) in [6.45, 7) is 13.3. The second kappa shape index (κ2) is 11.0. The van der Waals surface area contributed by atoms with Crippen LogP contribution < -0.4 is 0 Å². The normalized spacial score (nSPS) is 12.1. The van der Waals surface area contributed by atoms with Crippen molar-refractivity contribution in [3.63, 3.8) is 0 Å². The molecule has 0 radical (unpaired) electrons. The Kier molecular flexibility index (Phi) is 9.42. The number of hydrogen-bond acceptors (Lipinski definition) is 4. The van der Waals surface area contributed by atoms with Gasteiger partial charge in [0.25, 0.3) is 0 Å². The summed E-state index contributed by atoms with van der Waals surface area (Å²) in [5, 5.41) is 0. The minimum atomic E-state index is -0.595. The molecule has 0 bridgehead atoms. The lowest BCUT2D eigenvalue weighted by Crippen LogP contribution is -2.47. The van der Waals surface area contributed by atoms with E-state index >= 15 is 0 Å². The first-order valence-electron chi connectivity index (χ1n) is 10.4. The van der Waals surface area contributed by atoms with Gasteiger partial charge in [-0.3, -0.25) is 9.59 Å². The monoisotopic (exact) mass is 392 g/mol. The number of carbonyl (C=O) groups excluding carboxylic acids is 3. The van der Waals surface area contributed by atoms with Crippen LogP contribution in [0.4, 0.5) is 0 Å². The number of esters is 1. The maximum Gasteiger partial charge on any atom is 0.355 e. The van der Waals surface area contributed by atoms with Crippen LogP contribution >= 0.6 is 0 Å². The Morgan fingerprint density at radius 1 is 1.04 bits per heavy atom. The highest BCUT2D eigenvalue weighted by molar-refractivity contribution is 6.06. The van der Waals surface area contributed by atoms with E-state index in [2.05, 4.69) is 11.9 Å². The van der Waals surface area contributed by atoms with Gasteiger partial charge in [0.15, 0.2) is 5.78 Å². The lowest BCUT2D eigenvalue weighted by atomic mass is 9.98. The third-order valence-corrected chi connectivity index (χ3v) is 5.05. The van der Waals surface area contributed by atoms with E-state index in [0.717, 1.165) is 25.7 Å². The zero-order chi connectivity index (χ0) is 21.4. The average Bonchev–Trinajstić information content (AvgIpc) is 2.92. The fraction of sp³-hybridized carbons (Fsp3) is 0.682. The highest BCUT2D eigenvalue weighted by Crippen LogP contribution is 2.23. The lowest BCUT2D eigenvalue weighted by Gasteiger charge is -2.32. The Hall–Kier alpha value is -2.11. The van der Waals surface area contributed by atoms with Gasteiger partial charge in [0.2, 0.25) is 5.91 Å². The smallest absolute Gasteiger partial charge is 0.355 e. The van der Waals surface area contributed by atoms with Gasteiger partial charge in [-0.2, -0.15) is 0 Å². The second-order valence-corrected chi connectivity index (χ2v) is 7.59. The highest BCUT2D eigenvalue weighted by atomic mass is 16.5. The molecule has 0 aromatic carbocycles. The molecule has 6 nitrogen and oxygen atoms in total. The van der Waals surface area contributed by atoms with E-state index in [0.29, 0.717) is 28.9 Å². The van der Waals surface area contributed by atoms with Crippen LogP contribution in [0, 0.1) is 13.8 Å². The summed E-state index contributed by atoms with van der Waals surface area (Å²) in [6.07, 6.45) is 4.55. The Morgan fingerprint density at radius 2 is 1.68 bits per heavy atom. The van der Waals surface area contributed by atoms with Crippen LogP contribution in [-0.2, 0) is 9.53 Å². The third kappa shape index (κ3) is 5.69. The molecule has 1 amide bonds. The summed E-state index contributed by atoms with van der Waals surface area (Å²) >= 11 is 0. The Morgan fingerprint density at radius 3 is 2.21 bits per heavy atom. The van der Waals surface area contributed by atoms with Crippen LogP contribution in [0.1, 0.15) is 98.8 Å². The first kappa shape index (κ1) is 23.9. The number of rotatable bonds is 11. The molecule has 0 aliphatic rings. The van der Waals surface area contributed by atoms with Gasteiger partial charge >= 0.3 is 5.97 Å². The zero-order valence-electron chi connectivity index (χ0n) is 18.5. The molecule has 0 saturated heterocycles. The molecule has 0 aliphatic carbocycles. The first-order valence-corrected chi connectivity index (χ1v) is 10.4. The van der Waals surface area contributed by atoms with Gasteiger partial charge < -0.3 is 14.6 Å². The molecular formula is C22H36N2O4. The van der Waals surface area contributed by atoms with Crippen LogP contribution in [0.2, 0.25) is 0 Å². The van der Waals surface area contributed by atoms with E-state index in [1.54, 1.807) is 32.6 Å². The molecule has 1 heterocycles.